The van der Waals surface area contributed by atoms with Gasteiger partial charge in [0.2, 0.25) is 0 Å². The van der Waals surface area contributed by atoms with Crippen molar-refractivity contribution in [1.82, 2.24) is 4.90 Å². The van der Waals surface area contributed by atoms with Crippen LogP contribution in [0, 0.1) is 0 Å². The first kappa shape index (κ1) is 26.1. The first-order chi connectivity index (χ1) is 17.7. The van der Waals surface area contributed by atoms with E-state index in [-0.39, 0.29) is 17.9 Å². The summed E-state index contributed by atoms with van der Waals surface area (Å²) >= 11 is 6.16. The number of aliphatic hydroxyl groups is 1. The summed E-state index contributed by atoms with van der Waals surface area (Å²) in [5, 5.41) is 11.7. The summed E-state index contributed by atoms with van der Waals surface area (Å²) in [6.07, 6.45) is 0.526. The van der Waals surface area contributed by atoms with Crippen molar-refractivity contribution in [1.29, 1.82) is 0 Å². The second kappa shape index (κ2) is 11.0. The number of carbonyl (C=O) groups excluding carboxylic acids is 2. The maximum Gasteiger partial charge on any atom is 0.295 e. The third-order valence-corrected chi connectivity index (χ3v) is 6.80. The Labute approximate surface area is 221 Å². The van der Waals surface area contributed by atoms with Gasteiger partial charge in [0.25, 0.3) is 11.7 Å². The number of methoxy groups -OCH3 is 2. The van der Waals surface area contributed by atoms with Crippen LogP contribution in [0.1, 0.15) is 22.7 Å². The molecule has 1 aliphatic heterocycles. The average molecular weight is 521 g/mol. The van der Waals surface area contributed by atoms with Gasteiger partial charge in [-0.3, -0.25) is 9.59 Å². The molecule has 1 atom stereocenters. The molecule has 3 aromatic rings. The number of benzene rings is 3. The molecular weight excluding hydrogens is 492 g/mol. The molecule has 1 amide bonds. The van der Waals surface area contributed by atoms with Gasteiger partial charge in [0, 0.05) is 31.9 Å². The van der Waals surface area contributed by atoms with Crippen molar-refractivity contribution in [2.75, 3.05) is 39.8 Å². The highest BCUT2D eigenvalue weighted by Gasteiger charge is 2.45. The fourth-order valence-corrected chi connectivity index (χ4v) is 4.61. The van der Waals surface area contributed by atoms with Crippen LogP contribution < -0.4 is 14.4 Å². The number of aliphatic hydroxyl groups excluding tert-OH is 1. The number of hydrogen-bond acceptors (Lipinski definition) is 6. The second-order valence-electron chi connectivity index (χ2n) is 8.93. The van der Waals surface area contributed by atoms with Gasteiger partial charge in [-0.25, -0.2) is 0 Å². The summed E-state index contributed by atoms with van der Waals surface area (Å²) in [4.78, 5) is 30.1. The van der Waals surface area contributed by atoms with E-state index in [0.29, 0.717) is 22.8 Å². The van der Waals surface area contributed by atoms with Crippen molar-refractivity contribution >= 4 is 34.7 Å². The molecule has 0 bridgehead atoms. The number of ketones is 1. The van der Waals surface area contributed by atoms with Gasteiger partial charge in [-0.05, 0) is 60.0 Å². The van der Waals surface area contributed by atoms with Crippen LogP contribution in [0.4, 0.5) is 5.69 Å². The summed E-state index contributed by atoms with van der Waals surface area (Å²) < 4.78 is 10.5. The summed E-state index contributed by atoms with van der Waals surface area (Å²) in [6, 6.07) is 19.1. The van der Waals surface area contributed by atoms with Crippen LogP contribution in [0.15, 0.2) is 72.3 Å². The van der Waals surface area contributed by atoms with Crippen LogP contribution in [0.2, 0.25) is 5.02 Å². The van der Waals surface area contributed by atoms with Crippen molar-refractivity contribution < 1.29 is 24.2 Å². The summed E-state index contributed by atoms with van der Waals surface area (Å²) in [5.41, 5.74) is 3.06. The van der Waals surface area contributed by atoms with Crippen LogP contribution in [0.5, 0.6) is 11.5 Å². The van der Waals surface area contributed by atoms with Crippen molar-refractivity contribution in [3.63, 3.8) is 0 Å². The number of rotatable bonds is 8. The van der Waals surface area contributed by atoms with Gasteiger partial charge in [0.1, 0.15) is 17.3 Å². The van der Waals surface area contributed by atoms with Crippen LogP contribution in [0.3, 0.4) is 0 Å². The molecule has 0 radical (unpaired) electrons. The van der Waals surface area contributed by atoms with Gasteiger partial charge < -0.3 is 24.4 Å². The number of anilines is 1. The second-order valence-corrected chi connectivity index (χ2v) is 9.33. The molecule has 0 spiro atoms. The van der Waals surface area contributed by atoms with E-state index in [2.05, 4.69) is 0 Å². The molecule has 1 N–H and O–H groups in total. The Bertz CT molecular complexity index is 1330. The minimum atomic E-state index is -0.754. The SMILES string of the molecule is COc1ccc(CCN2C(=O)C(=O)/C(=C(\O)c3ccc(Cl)c(OC)c3)C2c2ccc(N(C)C)cc2)cc1. The fourth-order valence-electron chi connectivity index (χ4n) is 4.42. The van der Waals surface area contributed by atoms with E-state index in [4.69, 9.17) is 21.1 Å². The Balaban J connectivity index is 1.77. The number of amides is 1. The van der Waals surface area contributed by atoms with Gasteiger partial charge in [0.05, 0.1) is 30.9 Å². The monoisotopic (exact) mass is 520 g/mol. The summed E-state index contributed by atoms with van der Waals surface area (Å²) in [6.45, 7) is 0.289. The molecule has 1 aliphatic rings. The van der Waals surface area contributed by atoms with E-state index in [9.17, 15) is 14.7 Å². The van der Waals surface area contributed by atoms with Crippen molar-refractivity contribution in [2.45, 2.75) is 12.5 Å². The first-order valence-corrected chi connectivity index (χ1v) is 12.2. The molecular formula is C29H29ClN2O5. The Hall–Kier alpha value is -3.97. The van der Waals surface area contributed by atoms with Crippen LogP contribution >= 0.6 is 11.6 Å². The molecule has 4 rings (SSSR count). The zero-order valence-corrected chi connectivity index (χ0v) is 22.0. The Kier molecular flexibility index (Phi) is 7.74. The minimum absolute atomic E-state index is 0.0294. The number of ether oxygens (including phenoxy) is 2. The summed E-state index contributed by atoms with van der Waals surface area (Å²) in [5.74, 6) is -0.572. The third kappa shape index (κ3) is 5.27. The lowest BCUT2D eigenvalue weighted by molar-refractivity contribution is -0.139. The number of halogens is 1. The molecule has 1 unspecified atom stereocenters. The van der Waals surface area contributed by atoms with E-state index in [0.717, 1.165) is 22.6 Å². The lowest BCUT2D eigenvalue weighted by atomic mass is 9.95. The molecule has 0 aromatic heterocycles. The predicted molar refractivity (Wildman–Crippen MR) is 144 cm³/mol. The number of likely N-dealkylation sites (tertiary alicyclic amines) is 1. The van der Waals surface area contributed by atoms with Gasteiger partial charge >= 0.3 is 0 Å². The Morgan fingerprint density at radius 1 is 0.973 bits per heavy atom. The van der Waals surface area contributed by atoms with E-state index in [1.807, 2.05) is 67.5 Å². The van der Waals surface area contributed by atoms with Crippen molar-refractivity contribution in [3.8, 4) is 11.5 Å². The topological polar surface area (TPSA) is 79.3 Å². The molecule has 1 heterocycles. The van der Waals surface area contributed by atoms with Crippen LogP contribution in [-0.2, 0) is 16.0 Å². The van der Waals surface area contributed by atoms with Crippen LogP contribution in [-0.4, -0.2) is 56.6 Å². The summed E-state index contributed by atoms with van der Waals surface area (Å²) in [7, 11) is 6.94. The highest BCUT2D eigenvalue weighted by molar-refractivity contribution is 6.46. The molecule has 192 valence electrons. The van der Waals surface area contributed by atoms with Crippen molar-refractivity contribution in [3.05, 3.63) is 94.0 Å². The molecule has 0 aliphatic carbocycles. The number of Topliss-reactive ketones (excluding diaryl/α,β-unsaturated/α-hetero) is 1. The van der Waals surface area contributed by atoms with E-state index in [1.54, 1.807) is 25.3 Å². The Morgan fingerprint density at radius 3 is 2.24 bits per heavy atom. The molecule has 0 saturated carbocycles. The maximum absolute atomic E-state index is 13.3. The largest absolute Gasteiger partial charge is 0.507 e. The lowest BCUT2D eigenvalue weighted by Crippen LogP contribution is -2.31. The first-order valence-electron chi connectivity index (χ1n) is 11.8. The van der Waals surface area contributed by atoms with Crippen LogP contribution in [0.25, 0.3) is 5.76 Å². The quantitative estimate of drug-likeness (QED) is 0.253. The zero-order valence-electron chi connectivity index (χ0n) is 21.2. The van der Waals surface area contributed by atoms with Crippen molar-refractivity contribution in [2.24, 2.45) is 0 Å². The normalized spacial score (nSPS) is 16.7. The Morgan fingerprint density at radius 2 is 1.65 bits per heavy atom. The smallest absolute Gasteiger partial charge is 0.295 e. The highest BCUT2D eigenvalue weighted by Crippen LogP contribution is 2.40. The van der Waals surface area contributed by atoms with E-state index in [1.165, 1.54) is 12.0 Å². The van der Waals surface area contributed by atoms with Gasteiger partial charge in [-0.15, -0.1) is 0 Å². The highest BCUT2D eigenvalue weighted by atomic mass is 35.5. The van der Waals surface area contributed by atoms with E-state index < -0.39 is 17.7 Å². The molecule has 8 heteroatoms. The lowest BCUT2D eigenvalue weighted by Gasteiger charge is -2.26. The number of hydrogen-bond donors (Lipinski definition) is 1. The number of carbonyl (C=O) groups is 2. The molecule has 37 heavy (non-hydrogen) atoms. The molecule has 1 saturated heterocycles. The molecule has 3 aromatic carbocycles. The fraction of sp³-hybridized carbons (Fsp3) is 0.241. The van der Waals surface area contributed by atoms with Gasteiger partial charge in [0.15, 0.2) is 0 Å². The van der Waals surface area contributed by atoms with Gasteiger partial charge in [-0.2, -0.15) is 0 Å². The predicted octanol–water partition coefficient (Wildman–Crippen LogP) is 5.09. The third-order valence-electron chi connectivity index (χ3n) is 6.49. The standard InChI is InChI=1S/C29H29ClN2O5/c1-31(2)21-10-7-19(8-11-21)26-25(27(33)20-9-14-23(30)24(17-20)37-4)28(34)29(35)32(26)16-15-18-5-12-22(36-3)13-6-18/h5-14,17,26,33H,15-16H2,1-4H3/b27-25-. The molecule has 7 nitrogen and oxygen atoms in total. The molecule has 1 fully saturated rings. The van der Waals surface area contributed by atoms with Gasteiger partial charge in [-0.1, -0.05) is 35.9 Å². The zero-order chi connectivity index (χ0) is 26.7. The average Bonchev–Trinajstić information content (AvgIpc) is 3.17. The van der Waals surface area contributed by atoms with E-state index >= 15 is 0 Å². The minimum Gasteiger partial charge on any atom is -0.507 e. The maximum atomic E-state index is 13.3. The number of nitrogens with zero attached hydrogens (tertiary/aromatic N) is 2.